The fourth-order valence-electron chi connectivity index (χ4n) is 5.10. The number of benzene rings is 2. The summed E-state index contributed by atoms with van der Waals surface area (Å²) in [6, 6.07) is 15.0. The molecule has 208 valence electrons. The number of nitrogens with zero attached hydrogens (tertiary/aromatic N) is 5. The molecule has 2 aromatic carbocycles. The second kappa shape index (κ2) is 11.5. The number of hydrogen-bond acceptors (Lipinski definition) is 6. The summed E-state index contributed by atoms with van der Waals surface area (Å²) in [7, 11) is 0. The van der Waals surface area contributed by atoms with E-state index in [0.29, 0.717) is 31.1 Å². The van der Waals surface area contributed by atoms with Crippen LogP contribution in [0.15, 0.2) is 60.7 Å². The molecule has 1 N–H and O–H groups in total. The van der Waals surface area contributed by atoms with Gasteiger partial charge in [0.2, 0.25) is 5.88 Å². The number of imidazole rings is 1. The zero-order chi connectivity index (χ0) is 28.3. The molecule has 9 nitrogen and oxygen atoms in total. The van der Waals surface area contributed by atoms with Gasteiger partial charge in [0.1, 0.15) is 18.2 Å². The summed E-state index contributed by atoms with van der Waals surface area (Å²) in [6.45, 7) is 10.6. The van der Waals surface area contributed by atoms with Crippen molar-refractivity contribution in [1.29, 1.82) is 0 Å². The van der Waals surface area contributed by atoms with Crippen LogP contribution in [-0.4, -0.2) is 56.3 Å². The standard InChI is InChI=1S/C31H28FN5O4/c1-33-23-7-5-22(25(32)16-23)19-41-30-4-2-3-26(35-30)20-9-12-36(13-10-20)18-29-34-27-8-6-21(31(38)39)15-28(27)37(29)17-24-11-14-40-24/h2-9,15-16,24H,10-14,17-19H2,(H,38,39)/t24-/m0/s1. The van der Waals surface area contributed by atoms with Gasteiger partial charge in [-0.2, -0.15) is 0 Å². The lowest BCUT2D eigenvalue weighted by Gasteiger charge is -2.29. The lowest BCUT2D eigenvalue weighted by atomic mass is 10.0. The fourth-order valence-corrected chi connectivity index (χ4v) is 5.10. The van der Waals surface area contributed by atoms with Gasteiger partial charge in [0, 0.05) is 31.3 Å². The van der Waals surface area contributed by atoms with E-state index in [0.717, 1.165) is 54.1 Å². The number of carboxylic acid groups (broad SMARTS) is 1. The number of carboxylic acids is 1. The van der Waals surface area contributed by atoms with Crippen LogP contribution >= 0.6 is 0 Å². The van der Waals surface area contributed by atoms with Crippen molar-refractivity contribution in [3.63, 3.8) is 0 Å². The van der Waals surface area contributed by atoms with Crippen LogP contribution in [0.2, 0.25) is 0 Å². The Kier molecular flexibility index (Phi) is 7.46. The summed E-state index contributed by atoms with van der Waals surface area (Å²) in [5.74, 6) is -0.131. The molecule has 1 atom stereocenters. The van der Waals surface area contributed by atoms with Gasteiger partial charge in [-0.25, -0.2) is 24.0 Å². The Labute approximate surface area is 236 Å². The maximum absolute atomic E-state index is 14.2. The molecule has 2 aliphatic heterocycles. The highest BCUT2D eigenvalue weighted by molar-refractivity contribution is 5.92. The minimum absolute atomic E-state index is 0.0221. The topological polar surface area (TPSA) is 94.1 Å². The molecule has 1 fully saturated rings. The van der Waals surface area contributed by atoms with Crippen molar-refractivity contribution in [2.45, 2.75) is 38.6 Å². The highest BCUT2D eigenvalue weighted by atomic mass is 19.1. The van der Waals surface area contributed by atoms with Crippen LogP contribution in [0.3, 0.4) is 0 Å². The van der Waals surface area contributed by atoms with Gasteiger partial charge in [0.05, 0.1) is 48.1 Å². The van der Waals surface area contributed by atoms with E-state index in [2.05, 4.69) is 25.4 Å². The second-order valence-corrected chi connectivity index (χ2v) is 10.2. The highest BCUT2D eigenvalue weighted by Gasteiger charge is 2.24. The van der Waals surface area contributed by atoms with Gasteiger partial charge in [0.25, 0.3) is 0 Å². The number of ether oxygens (including phenoxy) is 2. The summed E-state index contributed by atoms with van der Waals surface area (Å²) in [5.41, 5.74) is 4.39. The minimum Gasteiger partial charge on any atom is -0.478 e. The number of carbonyl (C=O) groups is 1. The van der Waals surface area contributed by atoms with Crippen molar-refractivity contribution >= 4 is 28.3 Å². The molecule has 1 saturated heterocycles. The van der Waals surface area contributed by atoms with Crippen LogP contribution in [0.4, 0.5) is 10.1 Å². The molecule has 4 heterocycles. The molecular weight excluding hydrogens is 525 g/mol. The fraction of sp³-hybridized carbons (Fsp3) is 0.290. The molecule has 0 spiro atoms. The number of hydrogen-bond donors (Lipinski definition) is 1. The van der Waals surface area contributed by atoms with Crippen molar-refractivity contribution in [2.75, 3.05) is 19.7 Å². The molecule has 0 unspecified atom stereocenters. The average Bonchev–Trinajstić information content (AvgIpc) is 3.30. The zero-order valence-electron chi connectivity index (χ0n) is 22.3. The van der Waals surface area contributed by atoms with Crippen LogP contribution in [0.1, 0.15) is 40.3 Å². The molecule has 2 aromatic heterocycles. The first-order chi connectivity index (χ1) is 20.0. The third kappa shape index (κ3) is 5.82. The minimum atomic E-state index is -0.958. The quantitative estimate of drug-likeness (QED) is 0.275. The Morgan fingerprint density at radius 1 is 1.20 bits per heavy atom. The van der Waals surface area contributed by atoms with Gasteiger partial charge in [-0.05, 0) is 48.7 Å². The summed E-state index contributed by atoms with van der Waals surface area (Å²) in [5, 5.41) is 9.48. The molecule has 6 rings (SSSR count). The number of halogens is 1. The molecular formula is C31H28FN5O4. The van der Waals surface area contributed by atoms with Crippen molar-refractivity contribution < 1.29 is 23.8 Å². The first-order valence-corrected chi connectivity index (χ1v) is 13.5. The third-order valence-electron chi connectivity index (χ3n) is 7.51. The molecule has 0 aliphatic carbocycles. The van der Waals surface area contributed by atoms with E-state index in [1.165, 1.54) is 6.07 Å². The van der Waals surface area contributed by atoms with Crippen molar-refractivity contribution in [3.8, 4) is 5.88 Å². The van der Waals surface area contributed by atoms with E-state index in [1.54, 1.807) is 36.4 Å². The lowest BCUT2D eigenvalue weighted by Crippen LogP contribution is -2.33. The predicted octanol–water partition coefficient (Wildman–Crippen LogP) is 5.48. The Hall–Kier alpha value is -4.59. The maximum atomic E-state index is 14.2. The van der Waals surface area contributed by atoms with Crippen molar-refractivity contribution in [2.24, 2.45) is 0 Å². The molecule has 2 aliphatic rings. The van der Waals surface area contributed by atoms with Crippen molar-refractivity contribution in [3.05, 3.63) is 101 Å². The molecule has 0 amide bonds. The van der Waals surface area contributed by atoms with E-state index in [-0.39, 0.29) is 24.0 Å². The molecule has 0 radical (unpaired) electrons. The van der Waals surface area contributed by atoms with Gasteiger partial charge >= 0.3 is 5.97 Å². The molecule has 10 heteroatoms. The maximum Gasteiger partial charge on any atom is 0.335 e. The Morgan fingerprint density at radius 2 is 2.07 bits per heavy atom. The van der Waals surface area contributed by atoms with Gasteiger partial charge < -0.3 is 19.1 Å². The van der Waals surface area contributed by atoms with E-state index < -0.39 is 11.8 Å². The zero-order valence-corrected chi connectivity index (χ0v) is 22.3. The number of pyridine rings is 1. The largest absolute Gasteiger partial charge is 0.478 e. The monoisotopic (exact) mass is 553 g/mol. The average molecular weight is 554 g/mol. The van der Waals surface area contributed by atoms with Crippen LogP contribution < -0.4 is 4.74 Å². The highest BCUT2D eigenvalue weighted by Crippen LogP contribution is 2.27. The molecule has 0 bridgehead atoms. The first kappa shape index (κ1) is 26.6. The summed E-state index contributed by atoms with van der Waals surface area (Å²) < 4.78 is 27.8. The smallest absolute Gasteiger partial charge is 0.335 e. The number of rotatable bonds is 9. The van der Waals surface area contributed by atoms with Crippen LogP contribution in [0, 0.1) is 12.4 Å². The van der Waals surface area contributed by atoms with Crippen LogP contribution in [0.5, 0.6) is 5.88 Å². The molecule has 41 heavy (non-hydrogen) atoms. The first-order valence-electron chi connectivity index (χ1n) is 13.5. The summed E-state index contributed by atoms with van der Waals surface area (Å²) in [6.07, 6.45) is 4.04. The van der Waals surface area contributed by atoms with E-state index in [1.807, 2.05) is 12.1 Å². The summed E-state index contributed by atoms with van der Waals surface area (Å²) in [4.78, 5) is 26.6. The molecule has 0 saturated carbocycles. The second-order valence-electron chi connectivity index (χ2n) is 10.2. The third-order valence-corrected chi connectivity index (χ3v) is 7.51. The van der Waals surface area contributed by atoms with Gasteiger partial charge in [-0.3, -0.25) is 4.90 Å². The number of fused-ring (bicyclic) bond motifs is 1. The summed E-state index contributed by atoms with van der Waals surface area (Å²) >= 11 is 0. The van der Waals surface area contributed by atoms with Gasteiger partial charge in [0.15, 0.2) is 5.69 Å². The van der Waals surface area contributed by atoms with Gasteiger partial charge in [-0.15, -0.1) is 0 Å². The SMILES string of the molecule is [C-]#[N+]c1ccc(COc2cccc(C3=CCN(Cc4nc5ccc(C(=O)O)cc5n4C[C@@H]4CCO4)CC3)n2)c(F)c1. The van der Waals surface area contributed by atoms with Crippen LogP contribution in [-0.2, 0) is 24.4 Å². The number of aromatic nitrogens is 3. The number of aromatic carboxylic acids is 1. The Bertz CT molecular complexity index is 1690. The van der Waals surface area contributed by atoms with Gasteiger partial charge in [-0.1, -0.05) is 24.3 Å². The lowest BCUT2D eigenvalue weighted by molar-refractivity contribution is -0.0591. The Morgan fingerprint density at radius 3 is 2.78 bits per heavy atom. The molecule has 4 aromatic rings. The van der Waals surface area contributed by atoms with Crippen LogP contribution in [0.25, 0.3) is 21.5 Å². The predicted molar refractivity (Wildman–Crippen MR) is 150 cm³/mol. The normalized spacial score (nSPS) is 17.1. The Balaban J connectivity index is 1.14. The van der Waals surface area contributed by atoms with E-state index in [4.69, 9.17) is 21.0 Å². The van der Waals surface area contributed by atoms with Crippen molar-refractivity contribution in [1.82, 2.24) is 19.4 Å². The van der Waals surface area contributed by atoms with E-state index >= 15 is 0 Å². The van der Waals surface area contributed by atoms with E-state index in [9.17, 15) is 14.3 Å².